The number of aromatic nitrogens is 2. The number of nitriles is 1. The van der Waals surface area contributed by atoms with E-state index in [9.17, 15) is 4.79 Å². The molecule has 2 aromatic carbocycles. The summed E-state index contributed by atoms with van der Waals surface area (Å²) in [5.41, 5.74) is 4.48. The molecular weight excluding hydrogens is 440 g/mol. The summed E-state index contributed by atoms with van der Waals surface area (Å²) in [4.78, 5) is 14.9. The predicted octanol–water partition coefficient (Wildman–Crippen LogP) is 3.97. The fourth-order valence-electron chi connectivity index (χ4n) is 5.47. The largest absolute Gasteiger partial charge is 0.497 e. The molecule has 2 bridgehead atoms. The van der Waals surface area contributed by atoms with E-state index in [1.807, 2.05) is 36.0 Å². The van der Waals surface area contributed by atoms with Gasteiger partial charge >= 0.3 is 6.03 Å². The van der Waals surface area contributed by atoms with Crippen molar-refractivity contribution in [2.75, 3.05) is 32.1 Å². The second-order valence-electron chi connectivity index (χ2n) is 9.37. The summed E-state index contributed by atoms with van der Waals surface area (Å²) in [7, 11) is 3.70. The van der Waals surface area contributed by atoms with Gasteiger partial charge in [-0.3, -0.25) is 9.58 Å². The highest BCUT2D eigenvalue weighted by molar-refractivity contribution is 5.89. The van der Waals surface area contributed by atoms with E-state index < -0.39 is 0 Å². The van der Waals surface area contributed by atoms with Crippen LogP contribution in [0.4, 0.5) is 10.5 Å². The predicted molar refractivity (Wildman–Crippen MR) is 134 cm³/mol. The topological polar surface area (TPSA) is 95.2 Å². The molecule has 3 fully saturated rings. The van der Waals surface area contributed by atoms with Crippen molar-refractivity contribution in [1.29, 1.82) is 5.26 Å². The molecule has 3 aliphatic rings. The number of carbonyl (C=O) groups is 1. The van der Waals surface area contributed by atoms with Crippen LogP contribution in [0, 0.1) is 17.2 Å². The molecule has 0 spiro atoms. The van der Waals surface area contributed by atoms with Crippen LogP contribution >= 0.6 is 0 Å². The molecule has 3 aliphatic heterocycles. The number of nitrogens with zero attached hydrogens (tertiary/aromatic N) is 4. The standard InChI is InChI=1S/C27H30N6O2/c1-32-26(14-25(31-32)19-6-8-23(35-2)9-7-19)24-17-33-11-10-20(24)13-22(33)16-29-27(34)30-21-5-3-4-18(12-21)15-28/h3-9,12,14,20,22,24H,10-11,13,16-17H2,1-2H3,(H2,29,30,34)/t20-,22+,24+/m0/s1. The average molecular weight is 471 g/mol. The molecule has 180 valence electrons. The van der Waals surface area contributed by atoms with Crippen LogP contribution in [0.3, 0.4) is 0 Å². The summed E-state index contributed by atoms with van der Waals surface area (Å²) in [6, 6.07) is 19.4. The monoisotopic (exact) mass is 470 g/mol. The number of carbonyl (C=O) groups excluding carboxylic acids is 1. The van der Waals surface area contributed by atoms with Gasteiger partial charge in [-0.15, -0.1) is 0 Å². The minimum atomic E-state index is -0.241. The number of amides is 2. The van der Waals surface area contributed by atoms with Crippen molar-refractivity contribution in [2.24, 2.45) is 13.0 Å². The smallest absolute Gasteiger partial charge is 0.319 e. The van der Waals surface area contributed by atoms with Gasteiger partial charge in [-0.25, -0.2) is 4.79 Å². The van der Waals surface area contributed by atoms with E-state index in [1.165, 1.54) is 5.69 Å². The maximum Gasteiger partial charge on any atom is 0.319 e. The third kappa shape index (κ3) is 4.86. The first-order valence-electron chi connectivity index (χ1n) is 12.0. The van der Waals surface area contributed by atoms with Crippen LogP contribution < -0.4 is 15.4 Å². The van der Waals surface area contributed by atoms with Crippen LogP contribution in [0.15, 0.2) is 54.6 Å². The summed E-state index contributed by atoms with van der Waals surface area (Å²) in [5, 5.41) is 19.7. The molecule has 0 saturated carbocycles. The minimum Gasteiger partial charge on any atom is -0.497 e. The fraction of sp³-hybridized carbons (Fsp3) is 0.370. The normalized spacial score (nSPS) is 22.9. The molecule has 6 rings (SSSR count). The molecule has 2 amide bonds. The zero-order chi connectivity index (χ0) is 24.4. The molecule has 2 N–H and O–H groups in total. The Balaban J connectivity index is 1.20. The number of piperidine rings is 3. The lowest BCUT2D eigenvalue weighted by molar-refractivity contribution is 0.0296. The zero-order valence-electron chi connectivity index (χ0n) is 20.1. The maximum absolute atomic E-state index is 12.4. The molecule has 0 aliphatic carbocycles. The first kappa shape index (κ1) is 22.9. The lowest BCUT2D eigenvalue weighted by atomic mass is 9.74. The van der Waals surface area contributed by atoms with Gasteiger partial charge in [-0.2, -0.15) is 10.4 Å². The van der Waals surface area contributed by atoms with Crippen LogP contribution in [0.2, 0.25) is 0 Å². The first-order valence-corrected chi connectivity index (χ1v) is 12.0. The molecule has 8 nitrogen and oxygen atoms in total. The Hall–Kier alpha value is -3.83. The molecule has 0 radical (unpaired) electrons. The molecule has 35 heavy (non-hydrogen) atoms. The van der Waals surface area contributed by atoms with Gasteiger partial charge in [0.1, 0.15) is 5.75 Å². The Morgan fingerprint density at radius 1 is 1.23 bits per heavy atom. The maximum atomic E-state index is 12.4. The van der Waals surface area contributed by atoms with Gasteiger partial charge in [0.25, 0.3) is 0 Å². The van der Waals surface area contributed by atoms with Crippen LogP contribution in [0.1, 0.15) is 30.0 Å². The van der Waals surface area contributed by atoms with Gasteiger partial charge in [-0.05, 0) is 73.8 Å². The van der Waals surface area contributed by atoms with Crippen molar-refractivity contribution >= 4 is 11.7 Å². The molecule has 4 heterocycles. The van der Waals surface area contributed by atoms with Gasteiger partial charge in [0, 0.05) is 49.0 Å². The van der Waals surface area contributed by atoms with Gasteiger partial charge in [0.05, 0.1) is 24.4 Å². The number of hydrogen-bond donors (Lipinski definition) is 2. The van der Waals surface area contributed by atoms with Crippen molar-refractivity contribution < 1.29 is 9.53 Å². The number of fused-ring (bicyclic) bond motifs is 3. The summed E-state index contributed by atoms with van der Waals surface area (Å²) in [5.74, 6) is 1.85. The molecule has 3 aromatic rings. The summed E-state index contributed by atoms with van der Waals surface area (Å²) in [6.45, 7) is 2.64. The Morgan fingerprint density at radius 3 is 2.77 bits per heavy atom. The zero-order valence-corrected chi connectivity index (χ0v) is 20.1. The molecule has 1 unspecified atom stereocenters. The second-order valence-corrected chi connectivity index (χ2v) is 9.37. The number of urea groups is 1. The highest BCUT2D eigenvalue weighted by Crippen LogP contribution is 2.42. The quantitative estimate of drug-likeness (QED) is 0.569. The van der Waals surface area contributed by atoms with E-state index in [2.05, 4.69) is 27.7 Å². The number of rotatable bonds is 6. The van der Waals surface area contributed by atoms with Crippen LogP contribution in [-0.4, -0.2) is 53.5 Å². The molecule has 8 heteroatoms. The van der Waals surface area contributed by atoms with Crippen molar-refractivity contribution in [3.63, 3.8) is 0 Å². The van der Waals surface area contributed by atoms with E-state index in [0.29, 0.717) is 35.7 Å². The third-order valence-corrected chi connectivity index (χ3v) is 7.31. The SMILES string of the molecule is COc1ccc(-c2cc([C@@H]3CN4CC[C@H]3C[C@@H]4CNC(=O)Nc3cccc(C#N)c3)n(C)n2)cc1. The van der Waals surface area contributed by atoms with Gasteiger partial charge in [0.15, 0.2) is 0 Å². The van der Waals surface area contributed by atoms with Crippen LogP contribution in [0.25, 0.3) is 11.3 Å². The lowest BCUT2D eigenvalue weighted by Gasteiger charge is -2.49. The number of hydrogen-bond acceptors (Lipinski definition) is 5. The van der Waals surface area contributed by atoms with Crippen LogP contribution in [0.5, 0.6) is 5.75 Å². The van der Waals surface area contributed by atoms with E-state index in [1.54, 1.807) is 31.4 Å². The van der Waals surface area contributed by atoms with Gasteiger partial charge < -0.3 is 15.4 Å². The summed E-state index contributed by atoms with van der Waals surface area (Å²) >= 11 is 0. The third-order valence-electron chi connectivity index (χ3n) is 7.31. The molecule has 1 aromatic heterocycles. The Bertz CT molecular complexity index is 1250. The number of methoxy groups -OCH3 is 1. The number of nitrogens with one attached hydrogen (secondary N) is 2. The highest BCUT2D eigenvalue weighted by atomic mass is 16.5. The Morgan fingerprint density at radius 2 is 2.06 bits per heavy atom. The Labute approximate surface area is 205 Å². The van der Waals surface area contributed by atoms with E-state index in [4.69, 9.17) is 15.1 Å². The van der Waals surface area contributed by atoms with E-state index >= 15 is 0 Å². The number of benzene rings is 2. The second kappa shape index (κ2) is 9.80. The van der Waals surface area contributed by atoms with E-state index in [-0.39, 0.29) is 6.03 Å². The fourth-order valence-corrected chi connectivity index (χ4v) is 5.47. The average Bonchev–Trinajstić information content (AvgIpc) is 3.29. The van der Waals surface area contributed by atoms with Crippen molar-refractivity contribution in [3.05, 3.63) is 65.9 Å². The minimum absolute atomic E-state index is 0.241. The number of aryl methyl sites for hydroxylation is 1. The van der Waals surface area contributed by atoms with Gasteiger partial charge in [0.2, 0.25) is 0 Å². The van der Waals surface area contributed by atoms with Crippen molar-refractivity contribution in [1.82, 2.24) is 20.0 Å². The summed E-state index contributed by atoms with van der Waals surface area (Å²) < 4.78 is 7.30. The number of ether oxygens (including phenoxy) is 1. The highest BCUT2D eigenvalue weighted by Gasteiger charge is 2.41. The van der Waals surface area contributed by atoms with E-state index in [0.717, 1.165) is 42.9 Å². The van der Waals surface area contributed by atoms with Crippen LogP contribution in [-0.2, 0) is 7.05 Å². The molecular formula is C27H30N6O2. The van der Waals surface area contributed by atoms with Gasteiger partial charge in [-0.1, -0.05) is 6.07 Å². The number of anilines is 1. The Kier molecular flexibility index (Phi) is 6.43. The molecule has 4 atom stereocenters. The van der Waals surface area contributed by atoms with Crippen molar-refractivity contribution in [2.45, 2.75) is 24.8 Å². The first-order chi connectivity index (χ1) is 17.0. The van der Waals surface area contributed by atoms with Crippen molar-refractivity contribution in [3.8, 4) is 23.1 Å². The lowest BCUT2D eigenvalue weighted by Crippen LogP contribution is -2.56. The summed E-state index contributed by atoms with van der Waals surface area (Å²) in [6.07, 6.45) is 2.22. The molecule has 3 saturated heterocycles.